The molecule has 1 fully saturated rings. The first-order chi connectivity index (χ1) is 10.3. The van der Waals surface area contributed by atoms with Gasteiger partial charge >= 0.3 is 17.9 Å². The van der Waals surface area contributed by atoms with Gasteiger partial charge in [0, 0.05) is 25.8 Å². The van der Waals surface area contributed by atoms with E-state index in [2.05, 4.69) is 6.58 Å². The van der Waals surface area contributed by atoms with Crippen LogP contribution in [0.5, 0.6) is 0 Å². The average Bonchev–Trinajstić information content (AvgIpc) is 2.44. The Morgan fingerprint density at radius 1 is 1.09 bits per heavy atom. The van der Waals surface area contributed by atoms with Gasteiger partial charge in [-0.3, -0.25) is 9.59 Å². The zero-order valence-corrected chi connectivity index (χ0v) is 13.2. The van der Waals surface area contributed by atoms with Crippen LogP contribution in [0.3, 0.4) is 0 Å². The average molecular weight is 314 g/mol. The van der Waals surface area contributed by atoms with E-state index in [0.29, 0.717) is 0 Å². The molecule has 7 nitrogen and oxygen atoms in total. The van der Waals surface area contributed by atoms with Gasteiger partial charge in [0.2, 0.25) is 6.29 Å². The molecule has 22 heavy (non-hydrogen) atoms. The smallest absolute Gasteiger partial charge is 0.330 e. The van der Waals surface area contributed by atoms with Crippen LogP contribution in [0, 0.1) is 11.8 Å². The minimum Gasteiger partial charge on any atom is -0.460 e. The van der Waals surface area contributed by atoms with Crippen LogP contribution in [0.25, 0.3) is 0 Å². The highest BCUT2D eigenvalue weighted by Gasteiger charge is 2.45. The summed E-state index contributed by atoms with van der Waals surface area (Å²) < 4.78 is 21.0. The molecule has 0 spiro atoms. The second kappa shape index (κ2) is 7.93. The quantitative estimate of drug-likeness (QED) is 0.428. The molecule has 5 atom stereocenters. The number of esters is 3. The molecule has 0 saturated carbocycles. The Morgan fingerprint density at radius 3 is 2.18 bits per heavy atom. The van der Waals surface area contributed by atoms with Gasteiger partial charge in [-0.2, -0.15) is 0 Å². The van der Waals surface area contributed by atoms with Gasteiger partial charge in [0.05, 0.1) is 6.10 Å². The van der Waals surface area contributed by atoms with Crippen molar-refractivity contribution in [3.05, 3.63) is 12.7 Å². The third-order valence-electron chi connectivity index (χ3n) is 3.65. The molecule has 0 amide bonds. The molecular formula is C15H22O7. The van der Waals surface area contributed by atoms with Crippen LogP contribution in [0.1, 0.15) is 27.7 Å². The lowest BCUT2D eigenvalue weighted by Crippen LogP contribution is -2.53. The molecule has 2 unspecified atom stereocenters. The Hall–Kier alpha value is -1.89. The minimum atomic E-state index is -1.03. The lowest BCUT2D eigenvalue weighted by Gasteiger charge is -2.42. The molecule has 0 aromatic heterocycles. The van der Waals surface area contributed by atoms with Crippen LogP contribution in [0.15, 0.2) is 12.7 Å². The third-order valence-corrected chi connectivity index (χ3v) is 3.65. The van der Waals surface area contributed by atoms with E-state index in [4.69, 9.17) is 18.9 Å². The fraction of sp³-hybridized carbons (Fsp3) is 0.667. The summed E-state index contributed by atoms with van der Waals surface area (Å²) in [6.07, 6.45) is -1.15. The fourth-order valence-electron chi connectivity index (χ4n) is 2.29. The first kappa shape index (κ1) is 18.2. The van der Waals surface area contributed by atoms with E-state index in [1.165, 1.54) is 13.8 Å². The van der Waals surface area contributed by atoms with Crippen molar-refractivity contribution in [3.8, 4) is 0 Å². The van der Waals surface area contributed by atoms with Gasteiger partial charge in [-0.25, -0.2) is 4.79 Å². The van der Waals surface area contributed by atoms with Crippen LogP contribution in [0.4, 0.5) is 0 Å². The topological polar surface area (TPSA) is 88.1 Å². The van der Waals surface area contributed by atoms with Crippen LogP contribution < -0.4 is 0 Å². The largest absolute Gasteiger partial charge is 0.460 e. The Labute approximate surface area is 129 Å². The minimum absolute atomic E-state index is 0.000909. The second-order valence-corrected chi connectivity index (χ2v) is 5.28. The molecule has 1 saturated heterocycles. The Kier molecular flexibility index (Phi) is 6.55. The lowest BCUT2D eigenvalue weighted by molar-refractivity contribution is -0.271. The van der Waals surface area contributed by atoms with Crippen molar-refractivity contribution in [1.29, 1.82) is 0 Å². The van der Waals surface area contributed by atoms with E-state index in [0.717, 1.165) is 6.08 Å². The lowest BCUT2D eigenvalue weighted by atomic mass is 9.83. The summed E-state index contributed by atoms with van der Waals surface area (Å²) in [5, 5.41) is 0. The van der Waals surface area contributed by atoms with Gasteiger partial charge in [0.25, 0.3) is 0 Å². The first-order valence-electron chi connectivity index (χ1n) is 7.05. The highest BCUT2D eigenvalue weighted by molar-refractivity contribution is 5.81. The number of ether oxygens (including phenoxy) is 4. The van der Waals surface area contributed by atoms with E-state index in [1.54, 1.807) is 0 Å². The zero-order valence-electron chi connectivity index (χ0n) is 13.2. The Bertz CT molecular complexity index is 445. The van der Waals surface area contributed by atoms with Crippen molar-refractivity contribution in [1.82, 2.24) is 0 Å². The number of carbonyl (C=O) groups excluding carboxylic acids is 3. The molecular weight excluding hydrogens is 292 g/mol. The van der Waals surface area contributed by atoms with Crippen LogP contribution in [0.2, 0.25) is 0 Å². The standard InChI is InChI=1S/C15H22O7/c1-6-13(18)19-7-12-8(2)9(3)14(20-10(4)16)15(22-12)21-11(5)17/h6,8-9,12,14-15H,1,7H2,2-5H3/t8-,9-,12?,14?,15-/m0/s1. The number of hydrogen-bond donors (Lipinski definition) is 0. The van der Waals surface area contributed by atoms with Gasteiger partial charge in [-0.15, -0.1) is 0 Å². The molecule has 0 radical (unpaired) electrons. The number of hydrogen-bond acceptors (Lipinski definition) is 7. The van der Waals surface area contributed by atoms with Crippen molar-refractivity contribution in [2.24, 2.45) is 11.8 Å². The van der Waals surface area contributed by atoms with Gasteiger partial charge in [-0.05, 0) is 5.92 Å². The summed E-state index contributed by atoms with van der Waals surface area (Å²) in [4.78, 5) is 33.6. The van der Waals surface area contributed by atoms with Crippen molar-refractivity contribution in [3.63, 3.8) is 0 Å². The second-order valence-electron chi connectivity index (χ2n) is 5.28. The SMILES string of the molecule is C=CC(=O)OCC1O[C@H](OC(C)=O)C(OC(C)=O)[C@@H](C)[C@@H]1C. The summed E-state index contributed by atoms with van der Waals surface area (Å²) in [6.45, 7) is 9.58. The van der Waals surface area contributed by atoms with Gasteiger partial charge < -0.3 is 18.9 Å². The molecule has 0 aliphatic carbocycles. The van der Waals surface area contributed by atoms with Crippen molar-refractivity contribution in [2.45, 2.75) is 46.2 Å². The highest BCUT2D eigenvalue weighted by atomic mass is 16.7. The van der Waals surface area contributed by atoms with Gasteiger partial charge in [-0.1, -0.05) is 20.4 Å². The van der Waals surface area contributed by atoms with Crippen molar-refractivity contribution < 1.29 is 33.3 Å². The number of rotatable bonds is 5. The van der Waals surface area contributed by atoms with E-state index in [-0.39, 0.29) is 18.4 Å². The van der Waals surface area contributed by atoms with Gasteiger partial charge in [0.1, 0.15) is 6.61 Å². The Balaban J connectivity index is 2.84. The Morgan fingerprint density at radius 2 is 1.68 bits per heavy atom. The van der Waals surface area contributed by atoms with Crippen LogP contribution in [-0.2, 0) is 33.3 Å². The van der Waals surface area contributed by atoms with Crippen LogP contribution in [-0.4, -0.2) is 43.0 Å². The monoisotopic (exact) mass is 314 g/mol. The van der Waals surface area contributed by atoms with Gasteiger partial charge in [0.15, 0.2) is 6.10 Å². The summed E-state index contributed by atoms with van der Waals surface area (Å²) in [6, 6.07) is 0. The van der Waals surface area contributed by atoms with E-state index < -0.39 is 36.4 Å². The molecule has 124 valence electrons. The summed E-state index contributed by atoms with van der Waals surface area (Å²) >= 11 is 0. The molecule has 7 heteroatoms. The molecule has 1 aliphatic rings. The first-order valence-corrected chi connectivity index (χ1v) is 7.05. The highest BCUT2D eigenvalue weighted by Crippen LogP contribution is 2.33. The maximum Gasteiger partial charge on any atom is 0.330 e. The summed E-state index contributed by atoms with van der Waals surface area (Å²) in [7, 11) is 0. The molecule has 0 aromatic rings. The molecule has 0 bridgehead atoms. The van der Waals surface area contributed by atoms with E-state index in [9.17, 15) is 14.4 Å². The van der Waals surface area contributed by atoms with Crippen molar-refractivity contribution >= 4 is 17.9 Å². The zero-order chi connectivity index (χ0) is 16.9. The predicted molar refractivity (Wildman–Crippen MR) is 75.5 cm³/mol. The number of carbonyl (C=O) groups is 3. The molecule has 0 N–H and O–H groups in total. The molecule has 1 heterocycles. The molecule has 1 rings (SSSR count). The maximum absolute atomic E-state index is 11.2. The molecule has 1 aliphatic heterocycles. The summed E-state index contributed by atoms with van der Waals surface area (Å²) in [5.41, 5.74) is 0. The van der Waals surface area contributed by atoms with E-state index in [1.807, 2.05) is 13.8 Å². The predicted octanol–water partition coefficient (Wildman–Crippen LogP) is 1.21. The molecule has 0 aromatic carbocycles. The maximum atomic E-state index is 11.2. The normalized spacial score (nSPS) is 31.0. The van der Waals surface area contributed by atoms with Crippen LogP contribution >= 0.6 is 0 Å². The van der Waals surface area contributed by atoms with E-state index >= 15 is 0 Å². The van der Waals surface area contributed by atoms with Crippen molar-refractivity contribution in [2.75, 3.05) is 6.61 Å². The third kappa shape index (κ3) is 4.84. The fourth-order valence-corrected chi connectivity index (χ4v) is 2.29. The summed E-state index contributed by atoms with van der Waals surface area (Å²) in [5.74, 6) is -1.81.